The van der Waals surface area contributed by atoms with E-state index in [1.54, 1.807) is 30.5 Å². The molecule has 0 aliphatic carbocycles. The lowest BCUT2D eigenvalue weighted by molar-refractivity contribution is -0.139. The summed E-state index contributed by atoms with van der Waals surface area (Å²) in [6, 6.07) is 8.67. The largest absolute Gasteiger partial charge is 0.421 e. The Morgan fingerprint density at radius 1 is 1.18 bits per heavy atom. The molecule has 0 saturated heterocycles. The van der Waals surface area contributed by atoms with Gasteiger partial charge in [-0.3, -0.25) is 9.59 Å². The molecule has 0 radical (unpaired) electrons. The zero-order valence-corrected chi connectivity index (χ0v) is 15.4. The van der Waals surface area contributed by atoms with E-state index in [0.29, 0.717) is 11.8 Å². The fourth-order valence-electron chi connectivity index (χ4n) is 2.39. The van der Waals surface area contributed by atoms with Crippen molar-refractivity contribution >= 4 is 23.4 Å². The van der Waals surface area contributed by atoms with Gasteiger partial charge in [-0.1, -0.05) is 11.8 Å². The SMILES string of the molecule is Cn1ccnc1Sc1ccc(NC(=O)Cn2cccc(C(F)(F)F)c2=O)cc1. The molecule has 2 heterocycles. The van der Waals surface area contributed by atoms with Crippen LogP contribution >= 0.6 is 11.8 Å². The van der Waals surface area contributed by atoms with Gasteiger partial charge < -0.3 is 14.5 Å². The molecular formula is C18H15F3N4O2S. The van der Waals surface area contributed by atoms with Crippen LogP contribution in [0.5, 0.6) is 0 Å². The minimum Gasteiger partial charge on any atom is -0.329 e. The van der Waals surface area contributed by atoms with Crippen molar-refractivity contribution in [3.8, 4) is 0 Å². The fourth-order valence-corrected chi connectivity index (χ4v) is 3.20. The van der Waals surface area contributed by atoms with Gasteiger partial charge in [0.2, 0.25) is 5.91 Å². The predicted molar refractivity (Wildman–Crippen MR) is 98.1 cm³/mol. The molecule has 0 saturated carbocycles. The molecule has 0 unspecified atom stereocenters. The Balaban J connectivity index is 1.66. The molecule has 0 atom stereocenters. The van der Waals surface area contributed by atoms with Crippen LogP contribution in [-0.4, -0.2) is 20.0 Å². The molecule has 3 aromatic rings. The van der Waals surface area contributed by atoms with E-state index in [1.165, 1.54) is 11.8 Å². The highest BCUT2D eigenvalue weighted by atomic mass is 32.2. The summed E-state index contributed by atoms with van der Waals surface area (Å²) in [5.41, 5.74) is -2.10. The van der Waals surface area contributed by atoms with E-state index in [9.17, 15) is 22.8 Å². The third kappa shape index (κ3) is 4.63. The van der Waals surface area contributed by atoms with Crippen LogP contribution < -0.4 is 10.9 Å². The number of carbonyl (C=O) groups is 1. The molecule has 0 spiro atoms. The molecule has 3 rings (SSSR count). The summed E-state index contributed by atoms with van der Waals surface area (Å²) in [6.45, 7) is -0.521. The smallest absolute Gasteiger partial charge is 0.329 e. The summed E-state index contributed by atoms with van der Waals surface area (Å²) in [5.74, 6) is -0.606. The number of anilines is 1. The number of aryl methyl sites for hydroxylation is 1. The lowest BCUT2D eigenvalue weighted by atomic mass is 10.2. The molecule has 10 heteroatoms. The number of benzene rings is 1. The van der Waals surface area contributed by atoms with Crippen LogP contribution in [0.2, 0.25) is 0 Å². The van der Waals surface area contributed by atoms with Crippen molar-refractivity contribution in [3.05, 3.63) is 70.9 Å². The van der Waals surface area contributed by atoms with E-state index in [0.717, 1.165) is 26.9 Å². The summed E-state index contributed by atoms with van der Waals surface area (Å²) in [6.07, 6.45) is -0.111. The standard InChI is InChI=1S/C18H15F3N4O2S/c1-24-10-8-22-17(24)28-13-6-4-12(5-7-13)23-15(26)11-25-9-2-3-14(16(25)27)18(19,20)21/h2-10H,11H2,1H3,(H,23,26). The Hall–Kier alpha value is -3.01. The first kappa shape index (κ1) is 19.7. The van der Waals surface area contributed by atoms with E-state index < -0.39 is 29.8 Å². The summed E-state index contributed by atoms with van der Waals surface area (Å²) >= 11 is 1.44. The highest BCUT2D eigenvalue weighted by molar-refractivity contribution is 7.99. The Morgan fingerprint density at radius 2 is 1.89 bits per heavy atom. The van der Waals surface area contributed by atoms with Crippen LogP contribution in [0.1, 0.15) is 5.56 Å². The number of hydrogen-bond donors (Lipinski definition) is 1. The molecule has 2 aromatic heterocycles. The van der Waals surface area contributed by atoms with Gasteiger partial charge >= 0.3 is 6.18 Å². The second kappa shape index (κ2) is 7.93. The van der Waals surface area contributed by atoms with Crippen LogP contribution in [0, 0.1) is 0 Å². The Morgan fingerprint density at radius 3 is 2.50 bits per heavy atom. The third-order valence-corrected chi connectivity index (χ3v) is 4.85. The van der Waals surface area contributed by atoms with Crippen LogP contribution in [-0.2, 0) is 24.6 Å². The molecule has 0 fully saturated rings. The summed E-state index contributed by atoms with van der Waals surface area (Å²) < 4.78 is 41.0. The quantitative estimate of drug-likeness (QED) is 0.703. The topological polar surface area (TPSA) is 68.9 Å². The highest BCUT2D eigenvalue weighted by Crippen LogP contribution is 2.27. The van der Waals surface area contributed by atoms with Crippen LogP contribution in [0.25, 0.3) is 0 Å². The highest BCUT2D eigenvalue weighted by Gasteiger charge is 2.34. The first-order valence-corrected chi connectivity index (χ1v) is 8.87. The maximum absolute atomic E-state index is 12.8. The van der Waals surface area contributed by atoms with Crippen LogP contribution in [0.15, 0.2) is 69.8 Å². The van der Waals surface area contributed by atoms with Gasteiger partial charge in [0.25, 0.3) is 5.56 Å². The number of aromatic nitrogens is 3. The number of rotatable bonds is 5. The van der Waals surface area contributed by atoms with E-state index >= 15 is 0 Å². The number of carbonyl (C=O) groups excluding carboxylic acids is 1. The Bertz CT molecular complexity index is 1040. The molecule has 1 aromatic carbocycles. The molecular weight excluding hydrogens is 393 g/mol. The van der Waals surface area contributed by atoms with Crippen molar-refractivity contribution in [2.24, 2.45) is 7.05 Å². The van der Waals surface area contributed by atoms with E-state index in [2.05, 4.69) is 10.3 Å². The normalized spacial score (nSPS) is 11.4. The van der Waals surface area contributed by atoms with E-state index in [4.69, 9.17) is 0 Å². The molecule has 0 aliphatic rings. The second-order valence-corrected chi connectivity index (χ2v) is 6.89. The van der Waals surface area contributed by atoms with Crippen molar-refractivity contribution in [3.63, 3.8) is 0 Å². The fraction of sp³-hybridized carbons (Fsp3) is 0.167. The van der Waals surface area contributed by atoms with Crippen LogP contribution in [0.4, 0.5) is 18.9 Å². The van der Waals surface area contributed by atoms with Gasteiger partial charge in [0, 0.05) is 36.2 Å². The second-order valence-electron chi connectivity index (χ2n) is 5.85. The molecule has 0 aliphatic heterocycles. The number of nitrogens with one attached hydrogen (secondary N) is 1. The van der Waals surface area contributed by atoms with Gasteiger partial charge in [-0.05, 0) is 36.4 Å². The number of nitrogens with zero attached hydrogens (tertiary/aromatic N) is 3. The average molecular weight is 408 g/mol. The van der Waals surface area contributed by atoms with Crippen molar-refractivity contribution in [1.82, 2.24) is 14.1 Å². The van der Waals surface area contributed by atoms with E-state index in [-0.39, 0.29) is 0 Å². The maximum Gasteiger partial charge on any atom is 0.421 e. The molecule has 28 heavy (non-hydrogen) atoms. The number of imidazole rings is 1. The van der Waals surface area contributed by atoms with E-state index in [1.807, 2.05) is 17.8 Å². The van der Waals surface area contributed by atoms with Gasteiger partial charge in [0.1, 0.15) is 12.1 Å². The number of hydrogen-bond acceptors (Lipinski definition) is 4. The summed E-state index contributed by atoms with van der Waals surface area (Å²) in [5, 5.41) is 3.37. The lowest BCUT2D eigenvalue weighted by Gasteiger charge is -2.11. The maximum atomic E-state index is 12.8. The third-order valence-electron chi connectivity index (χ3n) is 3.76. The molecule has 6 nitrogen and oxygen atoms in total. The number of alkyl halides is 3. The first-order chi connectivity index (χ1) is 13.2. The zero-order valence-electron chi connectivity index (χ0n) is 14.6. The van der Waals surface area contributed by atoms with Crippen molar-refractivity contribution < 1.29 is 18.0 Å². The number of pyridine rings is 1. The minimum atomic E-state index is -4.77. The summed E-state index contributed by atoms with van der Waals surface area (Å²) in [7, 11) is 1.87. The molecule has 1 N–H and O–H groups in total. The zero-order chi connectivity index (χ0) is 20.3. The van der Waals surface area contributed by atoms with Crippen LogP contribution in [0.3, 0.4) is 0 Å². The van der Waals surface area contributed by atoms with Crippen molar-refractivity contribution in [2.75, 3.05) is 5.32 Å². The summed E-state index contributed by atoms with van der Waals surface area (Å²) in [4.78, 5) is 29.1. The molecule has 0 bridgehead atoms. The molecule has 146 valence electrons. The van der Waals surface area contributed by atoms with Gasteiger partial charge in [0.05, 0.1) is 0 Å². The Kier molecular flexibility index (Phi) is 5.59. The van der Waals surface area contributed by atoms with Crippen molar-refractivity contribution in [1.29, 1.82) is 0 Å². The lowest BCUT2D eigenvalue weighted by Crippen LogP contribution is -2.31. The van der Waals surface area contributed by atoms with Gasteiger partial charge in [-0.15, -0.1) is 0 Å². The monoisotopic (exact) mass is 408 g/mol. The molecule has 1 amide bonds. The number of halogens is 3. The van der Waals surface area contributed by atoms with Gasteiger partial charge in [-0.2, -0.15) is 13.2 Å². The van der Waals surface area contributed by atoms with Gasteiger partial charge in [-0.25, -0.2) is 4.98 Å². The average Bonchev–Trinajstić information content (AvgIpc) is 3.02. The van der Waals surface area contributed by atoms with Crippen molar-refractivity contribution in [2.45, 2.75) is 22.8 Å². The van der Waals surface area contributed by atoms with Gasteiger partial charge in [0.15, 0.2) is 5.16 Å². The first-order valence-electron chi connectivity index (χ1n) is 8.06. The minimum absolute atomic E-state index is 0.467. The number of amides is 1. The Labute approximate surface area is 162 Å². The predicted octanol–water partition coefficient (Wildman–Crippen LogP) is 3.39.